The normalized spacial score (nSPS) is 17.5. The smallest absolute Gasteiger partial charge is 0.251 e. The molecule has 1 heterocycles. The first-order valence-electron chi connectivity index (χ1n) is 8.58. The number of sulfonamides is 1. The maximum atomic E-state index is 12.3. The summed E-state index contributed by atoms with van der Waals surface area (Å²) in [4.78, 5) is 23.1. The summed E-state index contributed by atoms with van der Waals surface area (Å²) < 4.78 is 32.3. The van der Waals surface area contributed by atoms with Gasteiger partial charge in [0, 0.05) is 38.7 Å². The fourth-order valence-corrected chi connectivity index (χ4v) is 3.70. The predicted octanol–water partition coefficient (Wildman–Crippen LogP) is 0.257. The standard InChI is InChI=1S/C17H25N3O5S/c1-13(21)18-7-8-20-26(23,24)16-6-2-5-15(10-16)17(22)19-11-14-4-3-9-25-12-14/h2,5-6,10,14,20H,3-4,7-9,11-12H2,1H3,(H,18,21)(H,19,22)/t14-/m1/s1. The number of hydrogen-bond acceptors (Lipinski definition) is 5. The van der Waals surface area contributed by atoms with Gasteiger partial charge in [-0.15, -0.1) is 0 Å². The van der Waals surface area contributed by atoms with Crippen molar-refractivity contribution in [3.05, 3.63) is 29.8 Å². The first kappa shape index (κ1) is 20.3. The van der Waals surface area contributed by atoms with Gasteiger partial charge in [-0.25, -0.2) is 13.1 Å². The fraction of sp³-hybridized carbons (Fsp3) is 0.529. The molecule has 0 spiro atoms. The Morgan fingerprint density at radius 2 is 2.04 bits per heavy atom. The molecule has 2 rings (SSSR count). The molecule has 2 amide bonds. The number of ether oxygens (including phenoxy) is 1. The van der Waals surface area contributed by atoms with Crippen LogP contribution in [0.15, 0.2) is 29.2 Å². The van der Waals surface area contributed by atoms with Crippen LogP contribution in [0.1, 0.15) is 30.1 Å². The van der Waals surface area contributed by atoms with Crippen molar-refractivity contribution in [3.63, 3.8) is 0 Å². The lowest BCUT2D eigenvalue weighted by Crippen LogP contribution is -2.34. The van der Waals surface area contributed by atoms with E-state index in [4.69, 9.17) is 4.74 Å². The molecule has 1 aliphatic heterocycles. The van der Waals surface area contributed by atoms with Crippen molar-refractivity contribution < 1.29 is 22.7 Å². The molecule has 0 radical (unpaired) electrons. The highest BCUT2D eigenvalue weighted by molar-refractivity contribution is 7.89. The van der Waals surface area contributed by atoms with Crippen molar-refractivity contribution in [2.45, 2.75) is 24.7 Å². The minimum absolute atomic E-state index is 0.00831. The molecule has 26 heavy (non-hydrogen) atoms. The van der Waals surface area contributed by atoms with Gasteiger partial charge in [0.05, 0.1) is 11.5 Å². The van der Waals surface area contributed by atoms with Gasteiger partial charge in [-0.2, -0.15) is 0 Å². The molecule has 3 N–H and O–H groups in total. The number of carbonyl (C=O) groups excluding carboxylic acids is 2. The van der Waals surface area contributed by atoms with E-state index in [0.717, 1.165) is 19.4 Å². The molecule has 1 aliphatic rings. The Morgan fingerprint density at radius 1 is 1.23 bits per heavy atom. The van der Waals surface area contributed by atoms with Crippen LogP contribution in [0.2, 0.25) is 0 Å². The van der Waals surface area contributed by atoms with Crippen LogP contribution in [-0.2, 0) is 19.6 Å². The van der Waals surface area contributed by atoms with Gasteiger partial charge in [0.2, 0.25) is 15.9 Å². The van der Waals surface area contributed by atoms with E-state index in [1.807, 2.05) is 0 Å². The van der Waals surface area contributed by atoms with Gasteiger partial charge in [0.25, 0.3) is 5.91 Å². The van der Waals surface area contributed by atoms with E-state index >= 15 is 0 Å². The average Bonchev–Trinajstić information content (AvgIpc) is 2.64. The molecular formula is C17H25N3O5S. The van der Waals surface area contributed by atoms with Crippen LogP contribution in [0.25, 0.3) is 0 Å². The van der Waals surface area contributed by atoms with Gasteiger partial charge in [-0.3, -0.25) is 9.59 Å². The maximum absolute atomic E-state index is 12.3. The second-order valence-corrected chi connectivity index (χ2v) is 7.97. The third-order valence-electron chi connectivity index (χ3n) is 4.00. The molecule has 0 unspecified atom stereocenters. The third-order valence-corrected chi connectivity index (χ3v) is 5.46. The summed E-state index contributed by atoms with van der Waals surface area (Å²) in [6, 6.07) is 5.87. The summed E-state index contributed by atoms with van der Waals surface area (Å²) >= 11 is 0. The summed E-state index contributed by atoms with van der Waals surface area (Å²) in [7, 11) is -3.75. The highest BCUT2D eigenvalue weighted by Crippen LogP contribution is 2.14. The summed E-state index contributed by atoms with van der Waals surface area (Å²) in [5.41, 5.74) is 0.284. The Labute approximate surface area is 153 Å². The van der Waals surface area contributed by atoms with Gasteiger partial charge in [0.15, 0.2) is 0 Å². The van der Waals surface area contributed by atoms with Crippen LogP contribution in [0, 0.1) is 5.92 Å². The van der Waals surface area contributed by atoms with Gasteiger partial charge >= 0.3 is 0 Å². The predicted molar refractivity (Wildman–Crippen MR) is 96.2 cm³/mol. The largest absolute Gasteiger partial charge is 0.381 e. The molecule has 1 aromatic carbocycles. The van der Waals surface area contributed by atoms with Crippen molar-refractivity contribution in [1.29, 1.82) is 0 Å². The minimum atomic E-state index is -3.75. The van der Waals surface area contributed by atoms with Crippen LogP contribution < -0.4 is 15.4 Å². The van der Waals surface area contributed by atoms with E-state index < -0.39 is 10.0 Å². The maximum Gasteiger partial charge on any atom is 0.251 e. The number of carbonyl (C=O) groups is 2. The molecule has 1 fully saturated rings. The van der Waals surface area contributed by atoms with E-state index in [0.29, 0.717) is 13.2 Å². The molecule has 0 aliphatic carbocycles. The van der Waals surface area contributed by atoms with Gasteiger partial charge < -0.3 is 15.4 Å². The van der Waals surface area contributed by atoms with Crippen molar-refractivity contribution in [2.24, 2.45) is 5.92 Å². The Hall–Kier alpha value is -1.97. The number of amides is 2. The van der Waals surface area contributed by atoms with E-state index in [-0.39, 0.29) is 41.3 Å². The van der Waals surface area contributed by atoms with Crippen LogP contribution >= 0.6 is 0 Å². The fourth-order valence-electron chi connectivity index (χ4n) is 2.62. The molecule has 0 aromatic heterocycles. The van der Waals surface area contributed by atoms with Gasteiger partial charge in [-0.1, -0.05) is 6.07 Å². The molecule has 0 saturated carbocycles. The van der Waals surface area contributed by atoms with Crippen LogP contribution in [-0.4, -0.2) is 53.1 Å². The zero-order valence-electron chi connectivity index (χ0n) is 14.8. The van der Waals surface area contributed by atoms with Crippen molar-refractivity contribution in [3.8, 4) is 0 Å². The Bertz CT molecular complexity index is 730. The average molecular weight is 383 g/mol. The molecule has 8 nitrogen and oxygen atoms in total. The quantitative estimate of drug-likeness (QED) is 0.557. The van der Waals surface area contributed by atoms with Gasteiger partial charge in [0.1, 0.15) is 0 Å². The van der Waals surface area contributed by atoms with Crippen LogP contribution in [0.4, 0.5) is 0 Å². The molecule has 1 aromatic rings. The third kappa shape index (κ3) is 6.40. The molecule has 1 atom stereocenters. The molecule has 144 valence electrons. The zero-order chi connectivity index (χ0) is 19.0. The van der Waals surface area contributed by atoms with Gasteiger partial charge in [-0.05, 0) is 37.0 Å². The SMILES string of the molecule is CC(=O)NCCNS(=O)(=O)c1cccc(C(=O)NC[C@H]2CCCOC2)c1. The lowest BCUT2D eigenvalue weighted by atomic mass is 10.0. The highest BCUT2D eigenvalue weighted by atomic mass is 32.2. The lowest BCUT2D eigenvalue weighted by Gasteiger charge is -2.22. The first-order valence-corrected chi connectivity index (χ1v) is 10.1. The number of rotatable bonds is 8. The first-order chi connectivity index (χ1) is 12.4. The Morgan fingerprint density at radius 3 is 2.73 bits per heavy atom. The van der Waals surface area contributed by atoms with E-state index in [2.05, 4.69) is 15.4 Å². The van der Waals surface area contributed by atoms with Crippen molar-refractivity contribution >= 4 is 21.8 Å². The Kier molecular flexibility index (Phi) is 7.55. The van der Waals surface area contributed by atoms with E-state index in [1.165, 1.54) is 25.1 Å². The molecular weight excluding hydrogens is 358 g/mol. The molecule has 1 saturated heterocycles. The number of hydrogen-bond donors (Lipinski definition) is 3. The summed E-state index contributed by atoms with van der Waals surface area (Å²) in [6.45, 7) is 3.52. The van der Waals surface area contributed by atoms with E-state index in [1.54, 1.807) is 6.07 Å². The minimum Gasteiger partial charge on any atom is -0.381 e. The zero-order valence-corrected chi connectivity index (χ0v) is 15.6. The van der Waals surface area contributed by atoms with Crippen LogP contribution in [0.3, 0.4) is 0 Å². The monoisotopic (exact) mass is 383 g/mol. The van der Waals surface area contributed by atoms with Crippen molar-refractivity contribution in [2.75, 3.05) is 32.8 Å². The Balaban J connectivity index is 1.92. The number of nitrogens with one attached hydrogen (secondary N) is 3. The second kappa shape index (κ2) is 9.65. The number of benzene rings is 1. The molecule has 0 bridgehead atoms. The molecule has 9 heteroatoms. The second-order valence-electron chi connectivity index (χ2n) is 6.20. The van der Waals surface area contributed by atoms with Crippen LogP contribution in [0.5, 0.6) is 0 Å². The summed E-state index contributed by atoms with van der Waals surface area (Å²) in [5.74, 6) is -0.257. The summed E-state index contributed by atoms with van der Waals surface area (Å²) in [5, 5.41) is 5.34. The topological polar surface area (TPSA) is 114 Å². The van der Waals surface area contributed by atoms with E-state index in [9.17, 15) is 18.0 Å². The van der Waals surface area contributed by atoms with Crippen molar-refractivity contribution in [1.82, 2.24) is 15.4 Å². The summed E-state index contributed by atoms with van der Waals surface area (Å²) in [6.07, 6.45) is 1.99. The lowest BCUT2D eigenvalue weighted by molar-refractivity contribution is -0.118. The highest BCUT2D eigenvalue weighted by Gasteiger charge is 2.18.